The Balaban J connectivity index is 2.26. The van der Waals surface area contributed by atoms with Crippen LogP contribution in [0.3, 0.4) is 0 Å². The molecule has 3 atom stereocenters. The summed E-state index contributed by atoms with van der Waals surface area (Å²) < 4.78 is 0. The Labute approximate surface area is 99.2 Å². The largest absolute Gasteiger partial charge is 0.356 e. The zero-order valence-electron chi connectivity index (χ0n) is 10.8. The molecule has 0 aliphatic heterocycles. The number of amides is 1. The second kappa shape index (κ2) is 6.24. The van der Waals surface area contributed by atoms with E-state index in [0.29, 0.717) is 17.9 Å². The average molecular weight is 226 g/mol. The van der Waals surface area contributed by atoms with E-state index in [9.17, 15) is 4.79 Å². The van der Waals surface area contributed by atoms with Crippen LogP contribution in [-0.2, 0) is 4.79 Å². The average Bonchev–Trinajstić information content (AvgIpc) is 2.21. The third kappa shape index (κ3) is 4.12. The molecule has 1 rings (SSSR count). The number of hydrogen-bond donors (Lipinski definition) is 2. The quantitative estimate of drug-likeness (QED) is 0.769. The SMILES string of the molecule is CC(C)CCNC(=O)C1CCC(N)C(C)C1. The van der Waals surface area contributed by atoms with Crippen LogP contribution in [-0.4, -0.2) is 18.5 Å². The van der Waals surface area contributed by atoms with Crippen LogP contribution >= 0.6 is 0 Å². The first-order valence-corrected chi connectivity index (χ1v) is 6.54. The van der Waals surface area contributed by atoms with Gasteiger partial charge >= 0.3 is 0 Å². The van der Waals surface area contributed by atoms with Crippen LogP contribution < -0.4 is 11.1 Å². The van der Waals surface area contributed by atoms with Gasteiger partial charge in [-0.05, 0) is 37.5 Å². The van der Waals surface area contributed by atoms with Crippen molar-refractivity contribution >= 4 is 5.91 Å². The lowest BCUT2D eigenvalue weighted by molar-refractivity contribution is -0.126. The molecule has 3 heteroatoms. The van der Waals surface area contributed by atoms with E-state index >= 15 is 0 Å². The van der Waals surface area contributed by atoms with Gasteiger partial charge in [-0.2, -0.15) is 0 Å². The number of rotatable bonds is 4. The maximum absolute atomic E-state index is 11.9. The van der Waals surface area contributed by atoms with Crippen molar-refractivity contribution in [2.75, 3.05) is 6.54 Å². The minimum atomic E-state index is 0.196. The molecule has 0 bridgehead atoms. The van der Waals surface area contributed by atoms with Gasteiger partial charge in [-0.15, -0.1) is 0 Å². The topological polar surface area (TPSA) is 55.1 Å². The highest BCUT2D eigenvalue weighted by molar-refractivity contribution is 5.78. The summed E-state index contributed by atoms with van der Waals surface area (Å²) in [5.41, 5.74) is 5.95. The molecule has 1 aliphatic rings. The molecule has 0 radical (unpaired) electrons. The Bertz CT molecular complexity index is 228. The summed E-state index contributed by atoms with van der Waals surface area (Å²) in [6.45, 7) is 7.31. The number of carbonyl (C=O) groups excluding carboxylic acids is 1. The van der Waals surface area contributed by atoms with E-state index in [1.165, 1.54) is 0 Å². The second-order valence-corrected chi connectivity index (χ2v) is 5.62. The van der Waals surface area contributed by atoms with Gasteiger partial charge in [-0.25, -0.2) is 0 Å². The molecule has 0 heterocycles. The fraction of sp³-hybridized carbons (Fsp3) is 0.923. The third-order valence-corrected chi connectivity index (χ3v) is 3.63. The summed E-state index contributed by atoms with van der Waals surface area (Å²) in [6.07, 6.45) is 3.96. The molecule has 0 spiro atoms. The smallest absolute Gasteiger partial charge is 0.223 e. The van der Waals surface area contributed by atoms with Crippen LogP contribution in [0.5, 0.6) is 0 Å². The monoisotopic (exact) mass is 226 g/mol. The van der Waals surface area contributed by atoms with Crippen molar-refractivity contribution in [3.8, 4) is 0 Å². The van der Waals surface area contributed by atoms with Crippen molar-refractivity contribution in [3.63, 3.8) is 0 Å². The van der Waals surface area contributed by atoms with Crippen molar-refractivity contribution < 1.29 is 4.79 Å². The van der Waals surface area contributed by atoms with Gasteiger partial charge in [0.25, 0.3) is 0 Å². The van der Waals surface area contributed by atoms with Crippen molar-refractivity contribution in [1.82, 2.24) is 5.32 Å². The molecule has 1 saturated carbocycles. The minimum absolute atomic E-state index is 0.196. The molecular weight excluding hydrogens is 200 g/mol. The van der Waals surface area contributed by atoms with Crippen LogP contribution in [0, 0.1) is 17.8 Å². The van der Waals surface area contributed by atoms with Gasteiger partial charge in [0.15, 0.2) is 0 Å². The van der Waals surface area contributed by atoms with E-state index in [4.69, 9.17) is 5.73 Å². The zero-order valence-corrected chi connectivity index (χ0v) is 10.8. The number of nitrogens with two attached hydrogens (primary N) is 1. The van der Waals surface area contributed by atoms with Crippen molar-refractivity contribution in [2.45, 2.75) is 52.5 Å². The maximum Gasteiger partial charge on any atom is 0.223 e. The lowest BCUT2D eigenvalue weighted by Gasteiger charge is -2.31. The lowest BCUT2D eigenvalue weighted by atomic mass is 9.79. The standard InChI is InChI=1S/C13H26N2O/c1-9(2)6-7-15-13(16)11-4-5-12(14)10(3)8-11/h9-12H,4-8,14H2,1-3H3,(H,15,16). The normalized spacial score (nSPS) is 30.4. The first kappa shape index (κ1) is 13.5. The van der Waals surface area contributed by atoms with Crippen molar-refractivity contribution in [2.24, 2.45) is 23.5 Å². The van der Waals surface area contributed by atoms with Gasteiger partial charge < -0.3 is 11.1 Å². The predicted octanol–water partition coefficient (Wildman–Crippen LogP) is 1.91. The first-order chi connectivity index (χ1) is 7.50. The Morgan fingerprint density at radius 3 is 2.69 bits per heavy atom. The van der Waals surface area contributed by atoms with Crippen molar-refractivity contribution in [3.05, 3.63) is 0 Å². The van der Waals surface area contributed by atoms with Crippen LogP contribution in [0.1, 0.15) is 46.5 Å². The third-order valence-electron chi connectivity index (χ3n) is 3.63. The van der Waals surface area contributed by atoms with E-state index in [0.717, 1.165) is 32.2 Å². The fourth-order valence-electron chi connectivity index (χ4n) is 2.29. The summed E-state index contributed by atoms with van der Waals surface area (Å²) in [6, 6.07) is 0.291. The first-order valence-electron chi connectivity index (χ1n) is 6.54. The lowest BCUT2D eigenvalue weighted by Crippen LogP contribution is -2.40. The number of carbonyl (C=O) groups is 1. The molecule has 1 aliphatic carbocycles. The fourth-order valence-corrected chi connectivity index (χ4v) is 2.29. The van der Waals surface area contributed by atoms with E-state index in [1.54, 1.807) is 0 Å². The molecule has 3 N–H and O–H groups in total. The van der Waals surface area contributed by atoms with Gasteiger partial charge in [0.05, 0.1) is 0 Å². The van der Waals surface area contributed by atoms with Crippen LogP contribution in [0.15, 0.2) is 0 Å². The zero-order chi connectivity index (χ0) is 12.1. The predicted molar refractivity (Wildman–Crippen MR) is 66.9 cm³/mol. The van der Waals surface area contributed by atoms with E-state index in [-0.39, 0.29) is 11.8 Å². The van der Waals surface area contributed by atoms with Gasteiger partial charge in [-0.1, -0.05) is 20.8 Å². The van der Waals surface area contributed by atoms with Gasteiger partial charge in [0.1, 0.15) is 0 Å². The molecule has 1 fully saturated rings. The summed E-state index contributed by atoms with van der Waals surface area (Å²) in [5.74, 6) is 1.56. The highest BCUT2D eigenvalue weighted by Crippen LogP contribution is 2.27. The molecule has 0 aromatic carbocycles. The van der Waals surface area contributed by atoms with E-state index in [2.05, 4.69) is 26.1 Å². The molecule has 16 heavy (non-hydrogen) atoms. The number of nitrogens with one attached hydrogen (secondary N) is 1. The second-order valence-electron chi connectivity index (χ2n) is 5.62. The molecule has 0 aromatic rings. The minimum Gasteiger partial charge on any atom is -0.356 e. The Morgan fingerprint density at radius 1 is 1.44 bits per heavy atom. The molecule has 94 valence electrons. The highest BCUT2D eigenvalue weighted by atomic mass is 16.1. The summed E-state index contributed by atoms with van der Waals surface area (Å²) >= 11 is 0. The highest BCUT2D eigenvalue weighted by Gasteiger charge is 2.29. The summed E-state index contributed by atoms with van der Waals surface area (Å²) in [7, 11) is 0. The van der Waals surface area contributed by atoms with Crippen LogP contribution in [0.4, 0.5) is 0 Å². The Morgan fingerprint density at radius 2 is 2.12 bits per heavy atom. The van der Waals surface area contributed by atoms with E-state index < -0.39 is 0 Å². The van der Waals surface area contributed by atoms with Crippen molar-refractivity contribution in [1.29, 1.82) is 0 Å². The van der Waals surface area contributed by atoms with E-state index in [1.807, 2.05) is 0 Å². The summed E-state index contributed by atoms with van der Waals surface area (Å²) in [4.78, 5) is 11.9. The molecule has 0 saturated heterocycles. The Hall–Kier alpha value is -0.570. The van der Waals surface area contributed by atoms with Gasteiger partial charge in [-0.3, -0.25) is 4.79 Å². The number of hydrogen-bond acceptors (Lipinski definition) is 2. The molecule has 1 amide bonds. The van der Waals surface area contributed by atoms with Crippen LogP contribution in [0.25, 0.3) is 0 Å². The summed E-state index contributed by atoms with van der Waals surface area (Å²) in [5, 5.41) is 3.04. The molecular formula is C13H26N2O. The molecule has 0 aromatic heterocycles. The Kier molecular flexibility index (Phi) is 5.26. The van der Waals surface area contributed by atoms with Crippen LogP contribution in [0.2, 0.25) is 0 Å². The maximum atomic E-state index is 11.9. The molecule has 3 unspecified atom stereocenters. The van der Waals surface area contributed by atoms with Gasteiger partial charge in [0, 0.05) is 18.5 Å². The van der Waals surface area contributed by atoms with Gasteiger partial charge in [0.2, 0.25) is 5.91 Å². The molecule has 3 nitrogen and oxygen atoms in total.